The molecule has 14 heavy (non-hydrogen) atoms. The number of carbonyl (C=O) groups is 1. The van der Waals surface area contributed by atoms with Crippen molar-refractivity contribution in [1.29, 1.82) is 0 Å². The molecule has 0 aliphatic heterocycles. The fourth-order valence-electron chi connectivity index (χ4n) is 0.982. The highest BCUT2D eigenvalue weighted by Gasteiger charge is 2.10. The first-order valence-corrected chi connectivity index (χ1v) is 3.91. The van der Waals surface area contributed by atoms with Crippen LogP contribution in [0.5, 0.6) is 5.75 Å². The molecule has 3 N–H and O–H groups in total. The van der Waals surface area contributed by atoms with E-state index >= 15 is 0 Å². The molecule has 6 heteroatoms. The highest BCUT2D eigenvalue weighted by atomic mass is 16.6. The molecule has 0 atom stereocenters. The average molecular weight is 196 g/mol. The first kappa shape index (κ1) is 10.6. The molecule has 5 nitrogen and oxygen atoms in total. The van der Waals surface area contributed by atoms with Gasteiger partial charge in [-0.2, -0.15) is 0 Å². The summed E-state index contributed by atoms with van der Waals surface area (Å²) in [6.07, 6.45) is -0.0675. The van der Waals surface area contributed by atoms with Gasteiger partial charge in [-0.25, -0.2) is 0 Å². The second kappa shape index (κ2) is 4.64. The summed E-state index contributed by atoms with van der Waals surface area (Å²) in [5.74, 6) is -0.644. The minimum atomic E-state index is -1.86. The van der Waals surface area contributed by atoms with Crippen molar-refractivity contribution in [2.45, 2.75) is 6.42 Å². The van der Waals surface area contributed by atoms with Crippen LogP contribution >= 0.6 is 0 Å². The number of hydrogen-bond donors (Lipinski definition) is 3. The van der Waals surface area contributed by atoms with E-state index < -0.39 is 13.3 Å². The van der Waals surface area contributed by atoms with Crippen molar-refractivity contribution < 1.29 is 24.6 Å². The van der Waals surface area contributed by atoms with Crippen molar-refractivity contribution in [2.24, 2.45) is 0 Å². The normalized spacial score (nSPS) is 9.57. The summed E-state index contributed by atoms with van der Waals surface area (Å²) in [6, 6.07) is 6.03. The molecular formula is C8H9BO5. The number of rotatable bonds is 4. The second-order valence-electron chi connectivity index (χ2n) is 2.66. The van der Waals surface area contributed by atoms with Gasteiger partial charge in [0.25, 0.3) is 0 Å². The molecule has 0 unspecified atom stereocenters. The smallest absolute Gasteiger partial charge is 0.512 e. The zero-order valence-electron chi connectivity index (χ0n) is 7.25. The zero-order chi connectivity index (χ0) is 10.6. The van der Waals surface area contributed by atoms with Crippen LogP contribution in [0.25, 0.3) is 0 Å². The van der Waals surface area contributed by atoms with Gasteiger partial charge in [-0.05, 0) is 17.7 Å². The van der Waals surface area contributed by atoms with Gasteiger partial charge in [0.1, 0.15) is 5.75 Å². The molecule has 0 spiro atoms. The fraction of sp³-hybridized carbons (Fsp3) is 0.125. The maximum absolute atomic E-state index is 10.3. The van der Waals surface area contributed by atoms with Gasteiger partial charge in [-0.15, -0.1) is 0 Å². The molecule has 0 aliphatic carbocycles. The summed E-state index contributed by atoms with van der Waals surface area (Å²) < 4.78 is 4.54. The van der Waals surface area contributed by atoms with E-state index in [2.05, 4.69) is 4.65 Å². The summed E-state index contributed by atoms with van der Waals surface area (Å²) in [5, 5.41) is 25.4. The van der Waals surface area contributed by atoms with Crippen LogP contribution < -0.4 is 4.65 Å². The number of hydrogen-bond acceptors (Lipinski definition) is 4. The van der Waals surface area contributed by atoms with Crippen molar-refractivity contribution in [2.75, 3.05) is 0 Å². The third kappa shape index (κ3) is 3.46. The monoisotopic (exact) mass is 196 g/mol. The SMILES string of the molecule is O=C(O)Cc1ccc(OB(O)O)cc1. The lowest BCUT2D eigenvalue weighted by Gasteiger charge is -2.04. The third-order valence-corrected chi connectivity index (χ3v) is 1.52. The lowest BCUT2D eigenvalue weighted by molar-refractivity contribution is -0.136. The Morgan fingerprint density at radius 1 is 1.29 bits per heavy atom. The first-order chi connectivity index (χ1) is 6.58. The topological polar surface area (TPSA) is 87.0 Å². The molecule has 0 radical (unpaired) electrons. The largest absolute Gasteiger partial charge is 0.707 e. The van der Waals surface area contributed by atoms with Crippen LogP contribution in [0.15, 0.2) is 24.3 Å². The van der Waals surface area contributed by atoms with E-state index in [1.807, 2.05) is 0 Å². The number of carboxylic acids is 1. The molecule has 1 aromatic carbocycles. The second-order valence-corrected chi connectivity index (χ2v) is 2.66. The van der Waals surface area contributed by atoms with Crippen LogP contribution in [-0.4, -0.2) is 28.4 Å². The van der Waals surface area contributed by atoms with E-state index in [9.17, 15) is 4.79 Å². The first-order valence-electron chi connectivity index (χ1n) is 3.91. The summed E-state index contributed by atoms with van der Waals surface area (Å²) in [6.45, 7) is 0. The van der Waals surface area contributed by atoms with Crippen LogP contribution in [0.4, 0.5) is 0 Å². The number of carboxylic acid groups (broad SMARTS) is 1. The van der Waals surface area contributed by atoms with Crippen LogP contribution in [0.1, 0.15) is 5.56 Å². The van der Waals surface area contributed by atoms with Crippen molar-refractivity contribution in [3.63, 3.8) is 0 Å². The summed E-state index contributed by atoms with van der Waals surface area (Å²) in [5.41, 5.74) is 0.622. The molecule has 0 saturated heterocycles. The lowest BCUT2D eigenvalue weighted by atomic mass is 10.1. The Kier molecular flexibility index (Phi) is 3.50. The van der Waals surface area contributed by atoms with E-state index in [0.29, 0.717) is 5.56 Å². The van der Waals surface area contributed by atoms with Gasteiger partial charge in [0.05, 0.1) is 6.42 Å². The van der Waals surface area contributed by atoms with E-state index in [-0.39, 0.29) is 12.2 Å². The van der Waals surface area contributed by atoms with Crippen LogP contribution in [-0.2, 0) is 11.2 Å². The summed E-state index contributed by atoms with van der Waals surface area (Å²) in [4.78, 5) is 10.3. The minimum absolute atomic E-state index is 0.0675. The Morgan fingerprint density at radius 2 is 1.86 bits per heavy atom. The standard InChI is InChI=1S/C8H9BO5/c10-8(11)5-6-1-3-7(4-2-6)14-9(12)13/h1-4,12-13H,5H2,(H,10,11). The Bertz CT molecular complexity index is 308. The van der Waals surface area contributed by atoms with E-state index in [1.54, 1.807) is 12.1 Å². The minimum Gasteiger partial charge on any atom is -0.512 e. The molecule has 1 rings (SSSR count). The molecule has 1 aromatic rings. The summed E-state index contributed by atoms with van der Waals surface area (Å²) >= 11 is 0. The Balaban J connectivity index is 2.63. The van der Waals surface area contributed by atoms with Gasteiger partial charge in [-0.1, -0.05) is 12.1 Å². The molecular weight excluding hydrogens is 187 g/mol. The average Bonchev–Trinajstić information content (AvgIpc) is 2.06. The lowest BCUT2D eigenvalue weighted by Crippen LogP contribution is -2.20. The fourth-order valence-corrected chi connectivity index (χ4v) is 0.982. The van der Waals surface area contributed by atoms with Gasteiger partial charge in [-0.3, -0.25) is 4.79 Å². The molecule has 74 valence electrons. The molecule has 0 aliphatic rings. The maximum Gasteiger partial charge on any atom is 0.707 e. The van der Waals surface area contributed by atoms with Crippen molar-refractivity contribution in [3.05, 3.63) is 29.8 Å². The molecule has 0 amide bonds. The highest BCUT2D eigenvalue weighted by molar-refractivity contribution is 6.33. The van der Waals surface area contributed by atoms with Crippen LogP contribution in [0, 0.1) is 0 Å². The zero-order valence-corrected chi connectivity index (χ0v) is 7.25. The molecule has 0 saturated carbocycles. The van der Waals surface area contributed by atoms with Crippen LogP contribution in [0.3, 0.4) is 0 Å². The predicted molar refractivity (Wildman–Crippen MR) is 48.6 cm³/mol. The Morgan fingerprint density at radius 3 is 2.29 bits per heavy atom. The number of benzene rings is 1. The molecule has 0 aromatic heterocycles. The molecule has 0 fully saturated rings. The third-order valence-electron chi connectivity index (χ3n) is 1.52. The van der Waals surface area contributed by atoms with Gasteiger partial charge in [0.2, 0.25) is 0 Å². The molecule has 0 bridgehead atoms. The number of aliphatic carboxylic acids is 1. The molecule has 0 heterocycles. The Labute approximate surface area is 80.7 Å². The van der Waals surface area contributed by atoms with Crippen molar-refractivity contribution in [1.82, 2.24) is 0 Å². The van der Waals surface area contributed by atoms with Gasteiger partial charge >= 0.3 is 13.3 Å². The van der Waals surface area contributed by atoms with E-state index in [4.69, 9.17) is 15.2 Å². The van der Waals surface area contributed by atoms with E-state index in [0.717, 1.165) is 0 Å². The van der Waals surface area contributed by atoms with Gasteiger partial charge < -0.3 is 19.8 Å². The predicted octanol–water partition coefficient (Wildman–Crippen LogP) is -0.338. The van der Waals surface area contributed by atoms with Crippen molar-refractivity contribution in [3.8, 4) is 5.75 Å². The maximum atomic E-state index is 10.3. The Hall–Kier alpha value is -1.53. The van der Waals surface area contributed by atoms with E-state index in [1.165, 1.54) is 12.1 Å². The van der Waals surface area contributed by atoms with Crippen molar-refractivity contribution >= 4 is 13.3 Å². The van der Waals surface area contributed by atoms with Gasteiger partial charge in [0, 0.05) is 0 Å². The highest BCUT2D eigenvalue weighted by Crippen LogP contribution is 2.12. The van der Waals surface area contributed by atoms with Crippen LogP contribution in [0.2, 0.25) is 0 Å². The quantitative estimate of drug-likeness (QED) is 0.573. The summed E-state index contributed by atoms with van der Waals surface area (Å²) in [7, 11) is -1.86. The van der Waals surface area contributed by atoms with Gasteiger partial charge in [0.15, 0.2) is 0 Å².